The topological polar surface area (TPSA) is 69.8 Å². The first kappa shape index (κ1) is 19.1. The van der Waals surface area contributed by atoms with Crippen LogP contribution in [0.3, 0.4) is 0 Å². The first-order valence-electron chi connectivity index (χ1n) is 8.19. The summed E-state index contributed by atoms with van der Waals surface area (Å²) >= 11 is 3.49. The Hall–Kier alpha value is -2.67. The van der Waals surface area contributed by atoms with E-state index in [-0.39, 0.29) is 0 Å². The van der Waals surface area contributed by atoms with E-state index < -0.39 is 5.97 Å². The summed E-state index contributed by atoms with van der Waals surface area (Å²) in [5.74, 6) is 1.24. The minimum atomic E-state index is -0.412. The molecule has 0 spiro atoms. The van der Waals surface area contributed by atoms with Crippen molar-refractivity contribution < 1.29 is 23.7 Å². The molecule has 0 atom stereocenters. The number of methoxy groups -OCH3 is 4. The molecular formula is C20H20BrNO5. The minimum absolute atomic E-state index is 0.412. The zero-order valence-electron chi connectivity index (χ0n) is 15.5. The Bertz CT molecular complexity index is 970. The number of aromatic amines is 1. The van der Waals surface area contributed by atoms with E-state index in [0.717, 1.165) is 26.5 Å². The summed E-state index contributed by atoms with van der Waals surface area (Å²) in [5.41, 5.74) is 3.04. The number of aromatic nitrogens is 1. The predicted octanol–water partition coefficient (Wildman–Crippen LogP) is 4.33. The van der Waals surface area contributed by atoms with Gasteiger partial charge in [0.05, 0.1) is 28.4 Å². The molecule has 0 aliphatic rings. The predicted molar refractivity (Wildman–Crippen MR) is 106 cm³/mol. The maximum atomic E-state index is 12.3. The van der Waals surface area contributed by atoms with E-state index in [1.165, 1.54) is 7.11 Å². The van der Waals surface area contributed by atoms with E-state index in [1.54, 1.807) is 21.3 Å². The number of carbonyl (C=O) groups is 1. The van der Waals surface area contributed by atoms with Crippen molar-refractivity contribution >= 4 is 32.8 Å². The van der Waals surface area contributed by atoms with Crippen LogP contribution in [0, 0.1) is 0 Å². The van der Waals surface area contributed by atoms with Gasteiger partial charge in [-0.1, -0.05) is 15.9 Å². The smallest absolute Gasteiger partial charge is 0.354 e. The number of carbonyl (C=O) groups excluding carboxylic acids is 1. The molecule has 27 heavy (non-hydrogen) atoms. The van der Waals surface area contributed by atoms with Crippen LogP contribution >= 0.6 is 15.9 Å². The Labute approximate surface area is 165 Å². The number of rotatable bonds is 6. The molecule has 3 aromatic rings. The number of halogens is 1. The van der Waals surface area contributed by atoms with E-state index in [2.05, 4.69) is 20.9 Å². The molecule has 3 rings (SSSR count). The quantitative estimate of drug-likeness (QED) is 0.585. The monoisotopic (exact) mass is 433 g/mol. The van der Waals surface area contributed by atoms with E-state index in [1.807, 2.05) is 30.3 Å². The first-order chi connectivity index (χ1) is 13.0. The van der Waals surface area contributed by atoms with E-state index in [0.29, 0.717) is 29.4 Å². The molecule has 0 fully saturated rings. The number of H-pyrrole nitrogens is 1. The summed E-state index contributed by atoms with van der Waals surface area (Å²) in [6.07, 6.45) is 0.484. The molecule has 0 unspecified atom stereocenters. The highest BCUT2D eigenvalue weighted by molar-refractivity contribution is 9.10. The van der Waals surface area contributed by atoms with Gasteiger partial charge in [0.15, 0.2) is 11.5 Å². The van der Waals surface area contributed by atoms with Crippen LogP contribution in [0.15, 0.2) is 34.8 Å². The van der Waals surface area contributed by atoms with Gasteiger partial charge in [0, 0.05) is 21.8 Å². The largest absolute Gasteiger partial charge is 0.493 e. The molecule has 142 valence electrons. The number of hydrogen-bond donors (Lipinski definition) is 1. The van der Waals surface area contributed by atoms with Crippen LogP contribution in [0.4, 0.5) is 0 Å². The van der Waals surface area contributed by atoms with Crippen molar-refractivity contribution in [2.45, 2.75) is 6.42 Å². The van der Waals surface area contributed by atoms with Crippen molar-refractivity contribution in [2.75, 3.05) is 28.4 Å². The highest BCUT2D eigenvalue weighted by atomic mass is 79.9. The lowest BCUT2D eigenvalue weighted by Gasteiger charge is -2.14. The molecule has 0 radical (unpaired) electrons. The lowest BCUT2D eigenvalue weighted by atomic mass is 10.0. The number of benzene rings is 2. The lowest BCUT2D eigenvalue weighted by Crippen LogP contribution is -2.06. The van der Waals surface area contributed by atoms with Gasteiger partial charge in [0.1, 0.15) is 5.69 Å². The van der Waals surface area contributed by atoms with Crippen LogP contribution in [0.25, 0.3) is 10.9 Å². The van der Waals surface area contributed by atoms with Gasteiger partial charge in [-0.15, -0.1) is 0 Å². The third-order valence-electron chi connectivity index (χ3n) is 4.36. The maximum Gasteiger partial charge on any atom is 0.354 e. The summed E-state index contributed by atoms with van der Waals surface area (Å²) in [6.45, 7) is 0. The summed E-state index contributed by atoms with van der Waals surface area (Å²) < 4.78 is 22.1. The van der Waals surface area contributed by atoms with Crippen LogP contribution in [-0.4, -0.2) is 39.4 Å². The van der Waals surface area contributed by atoms with Gasteiger partial charge in [0.2, 0.25) is 5.75 Å². The average Bonchev–Trinajstić information content (AvgIpc) is 3.04. The van der Waals surface area contributed by atoms with Gasteiger partial charge in [0.25, 0.3) is 0 Å². The van der Waals surface area contributed by atoms with Crippen molar-refractivity contribution in [3.63, 3.8) is 0 Å². The van der Waals surface area contributed by atoms with Crippen LogP contribution in [-0.2, 0) is 11.2 Å². The van der Waals surface area contributed by atoms with Crippen molar-refractivity contribution in [1.82, 2.24) is 4.98 Å². The SMILES string of the molecule is COC(=O)c1[nH]c2ccc(Br)cc2c1Cc1cc(OC)c(OC)c(OC)c1. The van der Waals surface area contributed by atoms with Crippen molar-refractivity contribution in [3.05, 3.63) is 51.6 Å². The zero-order valence-corrected chi connectivity index (χ0v) is 17.1. The summed E-state index contributed by atoms with van der Waals surface area (Å²) in [4.78, 5) is 15.5. The van der Waals surface area contributed by atoms with Gasteiger partial charge in [-0.25, -0.2) is 4.79 Å². The average molecular weight is 434 g/mol. The second-order valence-corrected chi connectivity index (χ2v) is 6.79. The number of hydrogen-bond acceptors (Lipinski definition) is 5. The maximum absolute atomic E-state index is 12.3. The van der Waals surface area contributed by atoms with Crippen molar-refractivity contribution in [1.29, 1.82) is 0 Å². The second kappa shape index (κ2) is 7.92. The van der Waals surface area contributed by atoms with E-state index >= 15 is 0 Å². The molecule has 0 amide bonds. The highest BCUT2D eigenvalue weighted by Crippen LogP contribution is 2.39. The Morgan fingerprint density at radius 2 is 1.67 bits per heavy atom. The number of ether oxygens (including phenoxy) is 4. The Morgan fingerprint density at radius 1 is 1.00 bits per heavy atom. The molecule has 0 bridgehead atoms. The second-order valence-electron chi connectivity index (χ2n) is 5.87. The molecule has 6 nitrogen and oxygen atoms in total. The molecular weight excluding hydrogens is 414 g/mol. The van der Waals surface area contributed by atoms with E-state index in [4.69, 9.17) is 18.9 Å². The van der Waals surface area contributed by atoms with Gasteiger partial charge >= 0.3 is 5.97 Å². The minimum Gasteiger partial charge on any atom is -0.493 e. The third-order valence-corrected chi connectivity index (χ3v) is 4.86. The number of nitrogens with one attached hydrogen (secondary N) is 1. The molecule has 0 saturated heterocycles. The van der Waals surface area contributed by atoms with Crippen molar-refractivity contribution in [3.8, 4) is 17.2 Å². The Morgan fingerprint density at radius 3 is 2.22 bits per heavy atom. The molecule has 2 aromatic carbocycles. The molecule has 0 aliphatic carbocycles. The van der Waals surface area contributed by atoms with Crippen LogP contribution in [0.5, 0.6) is 17.2 Å². The standard InChI is InChI=1S/C20H20BrNO5/c1-24-16-8-11(9-17(25-2)19(16)26-3)7-14-13-10-12(21)5-6-15(13)22-18(14)20(23)27-4/h5-6,8-10,22H,7H2,1-4H3. The first-order valence-corrected chi connectivity index (χ1v) is 8.99. The number of fused-ring (bicyclic) bond motifs is 1. The summed E-state index contributed by atoms with van der Waals surface area (Å²) in [7, 11) is 6.08. The fourth-order valence-corrected chi connectivity index (χ4v) is 3.48. The molecule has 0 saturated carbocycles. The molecule has 7 heteroatoms. The van der Waals surface area contributed by atoms with Crippen molar-refractivity contribution in [2.24, 2.45) is 0 Å². The summed E-state index contributed by atoms with van der Waals surface area (Å²) in [5, 5.41) is 0.943. The molecule has 1 aromatic heterocycles. The Kier molecular flexibility index (Phi) is 5.60. The normalized spacial score (nSPS) is 10.7. The fraction of sp³-hybridized carbons (Fsp3) is 0.250. The molecule has 0 aliphatic heterocycles. The molecule has 1 heterocycles. The highest BCUT2D eigenvalue weighted by Gasteiger charge is 2.21. The number of esters is 1. The zero-order chi connectivity index (χ0) is 19.6. The Balaban J connectivity index is 2.16. The van der Waals surface area contributed by atoms with Crippen LogP contribution in [0.2, 0.25) is 0 Å². The lowest BCUT2D eigenvalue weighted by molar-refractivity contribution is 0.0594. The van der Waals surface area contributed by atoms with E-state index in [9.17, 15) is 4.79 Å². The van der Waals surface area contributed by atoms with Gasteiger partial charge in [-0.3, -0.25) is 0 Å². The summed E-state index contributed by atoms with van der Waals surface area (Å²) in [6, 6.07) is 9.57. The fourth-order valence-electron chi connectivity index (χ4n) is 3.12. The molecule has 1 N–H and O–H groups in total. The third kappa shape index (κ3) is 3.60. The van der Waals surface area contributed by atoms with Gasteiger partial charge in [-0.2, -0.15) is 0 Å². The van der Waals surface area contributed by atoms with Gasteiger partial charge < -0.3 is 23.9 Å². The van der Waals surface area contributed by atoms with Crippen LogP contribution in [0.1, 0.15) is 21.6 Å². The van der Waals surface area contributed by atoms with Crippen LogP contribution < -0.4 is 14.2 Å². The van der Waals surface area contributed by atoms with Gasteiger partial charge in [-0.05, 0) is 41.5 Å².